The molecule has 2 amide bonds. The van der Waals surface area contributed by atoms with Gasteiger partial charge in [0.15, 0.2) is 0 Å². The minimum atomic E-state index is -0.699. The Hall–Kier alpha value is -3.68. The molecule has 0 bridgehead atoms. The van der Waals surface area contributed by atoms with E-state index in [1.165, 1.54) is 0 Å². The van der Waals surface area contributed by atoms with Gasteiger partial charge in [-0.25, -0.2) is 0 Å². The monoisotopic (exact) mass is 415 g/mol. The van der Waals surface area contributed by atoms with Crippen molar-refractivity contribution in [3.8, 4) is 0 Å². The maximum absolute atomic E-state index is 13.3. The van der Waals surface area contributed by atoms with Crippen molar-refractivity contribution in [2.75, 3.05) is 6.73 Å². The van der Waals surface area contributed by atoms with Crippen molar-refractivity contribution in [3.63, 3.8) is 0 Å². The van der Waals surface area contributed by atoms with Crippen LogP contribution in [0.5, 0.6) is 0 Å². The van der Waals surface area contributed by atoms with Gasteiger partial charge in [0.05, 0.1) is 16.7 Å². The molecule has 0 spiro atoms. The molecule has 1 aliphatic heterocycles. The van der Waals surface area contributed by atoms with Gasteiger partial charge in [-0.3, -0.25) is 14.5 Å². The highest BCUT2D eigenvalue weighted by Gasteiger charge is 2.41. The molecule has 0 unspecified atom stereocenters. The molecule has 156 valence electrons. The molecular formula is C24H21N3O4. The average molecular weight is 415 g/mol. The molecule has 2 aromatic carbocycles. The second kappa shape index (κ2) is 7.23. The van der Waals surface area contributed by atoms with Gasteiger partial charge in [0.1, 0.15) is 13.5 Å². The second-order valence-corrected chi connectivity index (χ2v) is 7.45. The molecule has 0 aliphatic carbocycles. The summed E-state index contributed by atoms with van der Waals surface area (Å²) in [4.78, 5) is 27.5. The fraction of sp³-hybridized carbons (Fsp3) is 0.167. The number of para-hydroxylation sites is 2. The second-order valence-electron chi connectivity index (χ2n) is 7.45. The van der Waals surface area contributed by atoms with Crippen LogP contribution in [0.4, 0.5) is 0 Å². The van der Waals surface area contributed by atoms with Crippen molar-refractivity contribution in [3.05, 3.63) is 72.1 Å². The van der Waals surface area contributed by atoms with Gasteiger partial charge in [-0.1, -0.05) is 36.4 Å². The SMILES string of the molecule is CCn1cc(C2=C(c3cn(CO)c4ccccc34)C(=O)N(CO)C2=O)c2ccccc21. The number of benzene rings is 2. The lowest BCUT2D eigenvalue weighted by atomic mass is 9.95. The number of imide groups is 1. The van der Waals surface area contributed by atoms with Crippen LogP contribution in [0, 0.1) is 0 Å². The molecule has 0 saturated heterocycles. The Kier molecular flexibility index (Phi) is 4.50. The number of hydrogen-bond donors (Lipinski definition) is 2. The molecule has 3 heterocycles. The summed E-state index contributed by atoms with van der Waals surface area (Å²) < 4.78 is 3.66. The Balaban J connectivity index is 1.88. The standard InChI is InChI=1S/C24H21N3O4/c1-2-25-11-17(15-7-3-5-9-19(15)25)21-22(24(31)27(14-29)23(21)30)18-12-26(13-28)20-10-6-4-8-16(18)20/h3-12,28-29H,2,13-14H2,1H3. The minimum Gasteiger partial charge on any atom is -0.376 e. The fourth-order valence-electron chi connectivity index (χ4n) is 4.47. The van der Waals surface area contributed by atoms with Crippen LogP contribution in [-0.4, -0.2) is 42.8 Å². The third-order valence-corrected chi connectivity index (χ3v) is 5.92. The number of fused-ring (bicyclic) bond motifs is 2. The molecule has 2 N–H and O–H groups in total. The Labute approximate surface area is 178 Å². The van der Waals surface area contributed by atoms with Crippen LogP contribution >= 0.6 is 0 Å². The Morgan fingerprint density at radius 2 is 1.19 bits per heavy atom. The minimum absolute atomic E-state index is 0.237. The number of aliphatic hydroxyl groups excluding tert-OH is 2. The van der Waals surface area contributed by atoms with Crippen LogP contribution in [0.2, 0.25) is 0 Å². The number of carbonyl (C=O) groups is 2. The first-order chi connectivity index (χ1) is 15.1. The molecule has 4 aromatic rings. The molecule has 0 fully saturated rings. The van der Waals surface area contributed by atoms with E-state index in [0.29, 0.717) is 17.7 Å². The van der Waals surface area contributed by atoms with Crippen LogP contribution in [0.25, 0.3) is 33.0 Å². The van der Waals surface area contributed by atoms with Crippen LogP contribution in [0.3, 0.4) is 0 Å². The number of amides is 2. The highest BCUT2D eigenvalue weighted by molar-refractivity contribution is 6.50. The summed E-state index contributed by atoms with van der Waals surface area (Å²) in [6, 6.07) is 15.1. The van der Waals surface area contributed by atoms with Gasteiger partial charge >= 0.3 is 0 Å². The number of aromatic nitrogens is 2. The van der Waals surface area contributed by atoms with Crippen LogP contribution < -0.4 is 0 Å². The van der Waals surface area contributed by atoms with Crippen LogP contribution in [0.1, 0.15) is 18.1 Å². The third-order valence-electron chi connectivity index (χ3n) is 5.92. The summed E-state index contributed by atoms with van der Waals surface area (Å²) in [5.41, 5.74) is 3.44. The Morgan fingerprint density at radius 3 is 1.68 bits per heavy atom. The van der Waals surface area contributed by atoms with E-state index in [1.54, 1.807) is 10.8 Å². The number of rotatable bonds is 5. The van der Waals surface area contributed by atoms with Gasteiger partial charge in [0, 0.05) is 46.4 Å². The molecule has 1 aliphatic rings. The lowest BCUT2D eigenvalue weighted by molar-refractivity contribution is -0.139. The normalized spacial score (nSPS) is 14.6. The largest absolute Gasteiger partial charge is 0.376 e. The highest BCUT2D eigenvalue weighted by atomic mass is 16.3. The van der Waals surface area contributed by atoms with Gasteiger partial charge in [-0.05, 0) is 19.1 Å². The van der Waals surface area contributed by atoms with Gasteiger partial charge < -0.3 is 19.3 Å². The van der Waals surface area contributed by atoms with Crippen molar-refractivity contribution in [1.29, 1.82) is 0 Å². The van der Waals surface area contributed by atoms with Gasteiger partial charge in [-0.15, -0.1) is 0 Å². The Bertz CT molecular complexity index is 1290. The molecule has 31 heavy (non-hydrogen) atoms. The molecule has 5 rings (SSSR count). The van der Waals surface area contributed by atoms with Crippen molar-refractivity contribution < 1.29 is 19.8 Å². The van der Waals surface area contributed by atoms with Gasteiger partial charge in [-0.2, -0.15) is 0 Å². The van der Waals surface area contributed by atoms with E-state index in [0.717, 1.165) is 26.7 Å². The number of nitrogens with zero attached hydrogens (tertiary/aromatic N) is 3. The number of aryl methyl sites for hydroxylation is 1. The lowest BCUT2D eigenvalue weighted by Gasteiger charge is -2.10. The predicted molar refractivity (Wildman–Crippen MR) is 118 cm³/mol. The number of carbonyl (C=O) groups excluding carboxylic acids is 2. The fourth-order valence-corrected chi connectivity index (χ4v) is 4.47. The topological polar surface area (TPSA) is 87.7 Å². The zero-order valence-electron chi connectivity index (χ0n) is 16.9. The van der Waals surface area contributed by atoms with E-state index in [-0.39, 0.29) is 17.9 Å². The number of hydrogen-bond acceptors (Lipinski definition) is 4. The summed E-state index contributed by atoms with van der Waals surface area (Å²) >= 11 is 0. The summed E-state index contributed by atoms with van der Waals surface area (Å²) in [5, 5.41) is 21.2. The van der Waals surface area contributed by atoms with Crippen LogP contribution in [0.15, 0.2) is 60.9 Å². The Morgan fingerprint density at radius 1 is 0.710 bits per heavy atom. The summed E-state index contributed by atoms with van der Waals surface area (Å²) in [5.74, 6) is -1.07. The maximum atomic E-state index is 13.3. The quantitative estimate of drug-likeness (QED) is 0.491. The molecule has 2 aromatic heterocycles. The lowest BCUT2D eigenvalue weighted by Crippen LogP contribution is -2.32. The summed E-state index contributed by atoms with van der Waals surface area (Å²) in [7, 11) is 0. The smallest absolute Gasteiger partial charge is 0.264 e. The molecule has 7 nitrogen and oxygen atoms in total. The molecule has 0 atom stereocenters. The average Bonchev–Trinajstić information content (AvgIpc) is 3.43. The summed E-state index contributed by atoms with van der Waals surface area (Å²) in [6.45, 7) is 1.76. The first-order valence-electron chi connectivity index (χ1n) is 10.1. The first-order valence-corrected chi connectivity index (χ1v) is 10.1. The molecule has 0 saturated carbocycles. The number of aliphatic hydroxyl groups is 2. The van der Waals surface area contributed by atoms with Crippen molar-refractivity contribution in [1.82, 2.24) is 14.0 Å². The van der Waals surface area contributed by atoms with Crippen molar-refractivity contribution >= 4 is 44.8 Å². The summed E-state index contributed by atoms with van der Waals surface area (Å²) in [6.07, 6.45) is 3.57. The van der Waals surface area contributed by atoms with E-state index in [9.17, 15) is 19.8 Å². The molecule has 7 heteroatoms. The van der Waals surface area contributed by atoms with E-state index < -0.39 is 18.5 Å². The van der Waals surface area contributed by atoms with Crippen LogP contribution in [-0.2, 0) is 22.9 Å². The van der Waals surface area contributed by atoms with E-state index in [4.69, 9.17) is 0 Å². The molecule has 0 radical (unpaired) electrons. The van der Waals surface area contributed by atoms with E-state index >= 15 is 0 Å². The van der Waals surface area contributed by atoms with Gasteiger partial charge in [0.2, 0.25) is 0 Å². The first kappa shape index (κ1) is 19.3. The zero-order chi connectivity index (χ0) is 21.7. The van der Waals surface area contributed by atoms with Crippen molar-refractivity contribution in [2.45, 2.75) is 20.2 Å². The van der Waals surface area contributed by atoms with Crippen molar-refractivity contribution in [2.24, 2.45) is 0 Å². The van der Waals surface area contributed by atoms with Gasteiger partial charge in [0.25, 0.3) is 11.8 Å². The molecular weight excluding hydrogens is 394 g/mol. The maximum Gasteiger partial charge on any atom is 0.264 e. The van der Waals surface area contributed by atoms with E-state index in [2.05, 4.69) is 0 Å². The third kappa shape index (κ3) is 2.67. The van der Waals surface area contributed by atoms with E-state index in [1.807, 2.05) is 66.2 Å². The zero-order valence-corrected chi connectivity index (χ0v) is 16.9. The predicted octanol–water partition coefficient (Wildman–Crippen LogP) is 2.80. The highest BCUT2D eigenvalue weighted by Crippen LogP contribution is 2.41.